The van der Waals surface area contributed by atoms with E-state index in [0.29, 0.717) is 11.3 Å². The first-order valence-corrected chi connectivity index (χ1v) is 11.8. The van der Waals surface area contributed by atoms with Crippen molar-refractivity contribution < 1.29 is 14.0 Å². The summed E-state index contributed by atoms with van der Waals surface area (Å²) in [5.41, 5.74) is 5.64. The van der Waals surface area contributed by atoms with E-state index in [1.165, 1.54) is 0 Å². The standard InChI is InChI=1S/C24H29BrN4O3/c1-15-21-19(26-27-23(30)16-7-9-17(25)10-8-16)5-4-6-20(21)32-22(15)24(31)29(3)18-11-13-28(2)14-12-18/h7-10,18H,4-6,11-14H2,1-3H3,(H,27,30)/b26-19+. The Morgan fingerprint density at radius 3 is 2.56 bits per heavy atom. The minimum atomic E-state index is -0.267. The summed E-state index contributed by atoms with van der Waals surface area (Å²) in [5, 5.41) is 4.41. The molecule has 2 aromatic rings. The highest BCUT2D eigenvalue weighted by Gasteiger charge is 2.32. The Kier molecular flexibility index (Phi) is 6.81. The lowest BCUT2D eigenvalue weighted by atomic mass is 9.93. The molecule has 1 saturated heterocycles. The Labute approximate surface area is 197 Å². The molecule has 1 aliphatic carbocycles. The van der Waals surface area contributed by atoms with Gasteiger partial charge in [0.15, 0.2) is 5.76 Å². The van der Waals surface area contributed by atoms with E-state index >= 15 is 0 Å². The molecule has 0 saturated carbocycles. The summed E-state index contributed by atoms with van der Waals surface area (Å²) in [6, 6.07) is 7.34. The predicted octanol–water partition coefficient (Wildman–Crippen LogP) is 3.99. The largest absolute Gasteiger partial charge is 0.455 e. The number of nitrogens with zero attached hydrogens (tertiary/aromatic N) is 3. The van der Waals surface area contributed by atoms with Crippen molar-refractivity contribution in [3.63, 3.8) is 0 Å². The van der Waals surface area contributed by atoms with E-state index in [9.17, 15) is 9.59 Å². The number of benzene rings is 1. The maximum atomic E-state index is 13.3. The quantitative estimate of drug-likeness (QED) is 0.643. The van der Waals surface area contributed by atoms with Crippen LogP contribution in [0, 0.1) is 6.92 Å². The number of furan rings is 1. The van der Waals surface area contributed by atoms with Crippen LogP contribution in [0.15, 0.2) is 38.3 Å². The molecule has 0 unspecified atom stereocenters. The smallest absolute Gasteiger partial charge is 0.289 e. The van der Waals surface area contributed by atoms with Crippen LogP contribution in [0.25, 0.3) is 0 Å². The number of piperidine rings is 1. The zero-order valence-corrected chi connectivity index (χ0v) is 20.4. The number of carbonyl (C=O) groups is 2. The minimum absolute atomic E-state index is 0.0790. The van der Waals surface area contributed by atoms with Gasteiger partial charge in [-0.25, -0.2) is 5.43 Å². The summed E-state index contributed by atoms with van der Waals surface area (Å²) >= 11 is 3.37. The number of carbonyl (C=O) groups excluding carboxylic acids is 2. The topological polar surface area (TPSA) is 78.2 Å². The van der Waals surface area contributed by atoms with Gasteiger partial charge < -0.3 is 14.2 Å². The van der Waals surface area contributed by atoms with Gasteiger partial charge in [-0.15, -0.1) is 0 Å². The first-order valence-electron chi connectivity index (χ1n) is 11.1. The molecule has 1 aromatic carbocycles. The van der Waals surface area contributed by atoms with Crippen LogP contribution in [0.1, 0.15) is 63.5 Å². The van der Waals surface area contributed by atoms with Crippen LogP contribution < -0.4 is 5.43 Å². The summed E-state index contributed by atoms with van der Waals surface area (Å²) in [4.78, 5) is 29.8. The molecule has 1 aliphatic heterocycles. The highest BCUT2D eigenvalue weighted by molar-refractivity contribution is 9.10. The molecule has 7 nitrogen and oxygen atoms in total. The molecular formula is C24H29BrN4O3. The Balaban J connectivity index is 1.53. The number of likely N-dealkylation sites (tertiary alicyclic amines) is 1. The lowest BCUT2D eigenvalue weighted by molar-refractivity contribution is 0.0625. The van der Waals surface area contributed by atoms with Crippen molar-refractivity contribution in [3.05, 3.63) is 56.9 Å². The maximum Gasteiger partial charge on any atom is 0.289 e. The van der Waals surface area contributed by atoms with Crippen LogP contribution in [0.5, 0.6) is 0 Å². The zero-order valence-electron chi connectivity index (χ0n) is 18.8. The average molecular weight is 501 g/mol. The minimum Gasteiger partial charge on any atom is -0.455 e. The van der Waals surface area contributed by atoms with Gasteiger partial charge in [-0.2, -0.15) is 5.10 Å². The third kappa shape index (κ3) is 4.66. The van der Waals surface area contributed by atoms with Crippen LogP contribution in [0.3, 0.4) is 0 Å². The Morgan fingerprint density at radius 1 is 1.19 bits per heavy atom. The molecule has 1 fully saturated rings. The third-order valence-electron chi connectivity index (χ3n) is 6.47. The number of hydrazone groups is 1. The highest BCUT2D eigenvalue weighted by atomic mass is 79.9. The van der Waals surface area contributed by atoms with Crippen LogP contribution in [-0.4, -0.2) is 60.6 Å². The van der Waals surface area contributed by atoms with Crippen molar-refractivity contribution >= 4 is 33.5 Å². The molecule has 0 atom stereocenters. The molecule has 170 valence electrons. The van der Waals surface area contributed by atoms with E-state index in [-0.39, 0.29) is 17.9 Å². The first kappa shape index (κ1) is 22.7. The molecule has 2 aliphatic rings. The number of hydrogen-bond donors (Lipinski definition) is 1. The highest BCUT2D eigenvalue weighted by Crippen LogP contribution is 2.31. The van der Waals surface area contributed by atoms with Crippen LogP contribution >= 0.6 is 15.9 Å². The second-order valence-corrected chi connectivity index (χ2v) is 9.58. The third-order valence-corrected chi connectivity index (χ3v) is 7.00. The fourth-order valence-corrected chi connectivity index (χ4v) is 4.74. The van der Waals surface area contributed by atoms with E-state index in [0.717, 1.165) is 72.3 Å². The lowest BCUT2D eigenvalue weighted by Crippen LogP contribution is -2.44. The van der Waals surface area contributed by atoms with Gasteiger partial charge in [0.2, 0.25) is 0 Å². The van der Waals surface area contributed by atoms with Gasteiger partial charge >= 0.3 is 0 Å². The Morgan fingerprint density at radius 2 is 1.88 bits per heavy atom. The summed E-state index contributed by atoms with van der Waals surface area (Å²) in [7, 11) is 3.98. The molecule has 1 aromatic heterocycles. The zero-order chi connectivity index (χ0) is 22.8. The van der Waals surface area contributed by atoms with Crippen molar-refractivity contribution in [2.75, 3.05) is 27.2 Å². The number of amides is 2. The molecule has 2 heterocycles. The van der Waals surface area contributed by atoms with E-state index in [1.807, 2.05) is 31.0 Å². The van der Waals surface area contributed by atoms with Crippen molar-refractivity contribution in [1.29, 1.82) is 0 Å². The average Bonchev–Trinajstić information content (AvgIpc) is 3.14. The van der Waals surface area contributed by atoms with Crippen molar-refractivity contribution in [2.45, 2.75) is 45.1 Å². The molecule has 0 bridgehead atoms. The second kappa shape index (κ2) is 9.58. The first-order chi connectivity index (χ1) is 15.3. The van der Waals surface area contributed by atoms with Crippen molar-refractivity contribution in [1.82, 2.24) is 15.2 Å². The molecular weight excluding hydrogens is 472 g/mol. The van der Waals surface area contributed by atoms with Crippen LogP contribution in [-0.2, 0) is 6.42 Å². The predicted molar refractivity (Wildman–Crippen MR) is 127 cm³/mol. The molecule has 2 amide bonds. The normalized spacial score (nSPS) is 18.4. The summed E-state index contributed by atoms with van der Waals surface area (Å²) in [5.74, 6) is 0.831. The van der Waals surface area contributed by atoms with Crippen molar-refractivity contribution in [3.8, 4) is 0 Å². The van der Waals surface area contributed by atoms with Gasteiger partial charge in [0.25, 0.3) is 11.8 Å². The van der Waals surface area contributed by atoms with Gasteiger partial charge in [0.1, 0.15) is 5.76 Å². The number of hydrogen-bond acceptors (Lipinski definition) is 5. The van der Waals surface area contributed by atoms with Gasteiger partial charge in [0, 0.05) is 40.7 Å². The number of nitrogens with one attached hydrogen (secondary N) is 1. The van der Waals surface area contributed by atoms with E-state index in [1.54, 1.807) is 12.1 Å². The van der Waals surface area contributed by atoms with Gasteiger partial charge in [-0.1, -0.05) is 15.9 Å². The Hall–Kier alpha value is -2.45. The van der Waals surface area contributed by atoms with Gasteiger partial charge in [-0.05, 0) is 77.0 Å². The SMILES string of the molecule is Cc1c(C(=O)N(C)C2CCN(C)CC2)oc2c1/C(=N/NC(=O)c1ccc(Br)cc1)CCC2. The second-order valence-electron chi connectivity index (χ2n) is 8.66. The molecule has 32 heavy (non-hydrogen) atoms. The van der Waals surface area contributed by atoms with Crippen LogP contribution in [0.2, 0.25) is 0 Å². The van der Waals surface area contributed by atoms with E-state index in [4.69, 9.17) is 4.42 Å². The molecule has 0 radical (unpaired) electrons. The van der Waals surface area contributed by atoms with Gasteiger partial charge in [-0.3, -0.25) is 9.59 Å². The molecule has 4 rings (SSSR count). The monoisotopic (exact) mass is 500 g/mol. The maximum absolute atomic E-state index is 13.3. The number of aryl methyl sites for hydroxylation is 1. The van der Waals surface area contributed by atoms with Crippen molar-refractivity contribution in [2.24, 2.45) is 5.10 Å². The number of halogens is 1. The summed E-state index contributed by atoms with van der Waals surface area (Å²) in [6.45, 7) is 3.89. The lowest BCUT2D eigenvalue weighted by Gasteiger charge is -2.34. The number of fused-ring (bicyclic) bond motifs is 1. The van der Waals surface area contributed by atoms with E-state index < -0.39 is 0 Å². The van der Waals surface area contributed by atoms with Gasteiger partial charge in [0.05, 0.1) is 5.71 Å². The van der Waals surface area contributed by atoms with E-state index in [2.05, 4.69) is 38.4 Å². The fraction of sp³-hybridized carbons (Fsp3) is 0.458. The molecule has 1 N–H and O–H groups in total. The van der Waals surface area contributed by atoms with Crippen LogP contribution in [0.4, 0.5) is 0 Å². The summed E-state index contributed by atoms with van der Waals surface area (Å²) in [6.07, 6.45) is 4.29. The molecule has 0 spiro atoms. The Bertz CT molecular complexity index is 1040. The molecule has 8 heteroatoms. The fourth-order valence-electron chi connectivity index (χ4n) is 4.48. The number of rotatable bonds is 4. The summed E-state index contributed by atoms with van der Waals surface area (Å²) < 4.78 is 6.98.